The third-order valence-electron chi connectivity index (χ3n) is 3.01. The van der Waals surface area contributed by atoms with E-state index in [1.807, 2.05) is 26.0 Å². The van der Waals surface area contributed by atoms with Crippen molar-refractivity contribution >= 4 is 21.9 Å². The van der Waals surface area contributed by atoms with Gasteiger partial charge in [0.25, 0.3) is 0 Å². The summed E-state index contributed by atoms with van der Waals surface area (Å²) in [4.78, 5) is 11.2. The topological polar surface area (TPSA) is 75.2 Å². The number of hydrogen-bond donors (Lipinski definition) is 2. The van der Waals surface area contributed by atoms with E-state index in [1.165, 1.54) is 0 Å². The summed E-state index contributed by atoms with van der Waals surface area (Å²) >= 11 is 3.43. The Balaban J connectivity index is 2.24. The maximum Gasteiger partial charge on any atom is 0.339 e. The number of H-pyrrole nitrogens is 1. The molecule has 1 aromatic heterocycles. The Bertz CT molecular complexity index is 641. The Morgan fingerprint density at radius 3 is 2.50 bits per heavy atom. The van der Waals surface area contributed by atoms with Gasteiger partial charge in [-0.25, -0.2) is 4.79 Å². The number of halogens is 1. The molecule has 0 saturated heterocycles. The highest BCUT2D eigenvalue weighted by molar-refractivity contribution is 9.10. The summed E-state index contributed by atoms with van der Waals surface area (Å²) in [5.41, 5.74) is 3.08. The smallest absolute Gasteiger partial charge is 0.339 e. The van der Waals surface area contributed by atoms with Crippen molar-refractivity contribution in [2.45, 2.75) is 27.4 Å². The van der Waals surface area contributed by atoms with Gasteiger partial charge in [-0.15, -0.1) is 0 Å². The van der Waals surface area contributed by atoms with Crippen molar-refractivity contribution in [3.63, 3.8) is 0 Å². The lowest BCUT2D eigenvalue weighted by Crippen LogP contribution is -2.06. The first kappa shape index (κ1) is 14.6. The van der Waals surface area contributed by atoms with E-state index in [9.17, 15) is 4.79 Å². The number of nitrogens with zero attached hydrogens (tertiary/aromatic N) is 1. The van der Waals surface area contributed by atoms with Gasteiger partial charge in [0, 0.05) is 10.2 Å². The van der Waals surface area contributed by atoms with Gasteiger partial charge in [0.1, 0.15) is 23.6 Å². The van der Waals surface area contributed by atoms with Crippen molar-refractivity contribution in [2.75, 3.05) is 0 Å². The molecular formula is C14H15BrN2O3. The van der Waals surface area contributed by atoms with Crippen LogP contribution < -0.4 is 4.74 Å². The number of carbonyl (C=O) groups is 1. The molecular weight excluding hydrogens is 324 g/mol. The molecule has 20 heavy (non-hydrogen) atoms. The number of aromatic carboxylic acids is 1. The lowest BCUT2D eigenvalue weighted by molar-refractivity contribution is 0.0693. The van der Waals surface area contributed by atoms with Crippen LogP contribution in [0.3, 0.4) is 0 Å². The van der Waals surface area contributed by atoms with Crippen LogP contribution in [0.15, 0.2) is 16.6 Å². The second-order valence-electron chi connectivity index (χ2n) is 4.63. The average Bonchev–Trinajstić information content (AvgIpc) is 2.69. The van der Waals surface area contributed by atoms with E-state index < -0.39 is 5.97 Å². The van der Waals surface area contributed by atoms with Crippen LogP contribution in [0.4, 0.5) is 0 Å². The van der Waals surface area contributed by atoms with Crippen LogP contribution in [0.2, 0.25) is 0 Å². The third kappa shape index (κ3) is 2.85. The Morgan fingerprint density at radius 2 is 1.95 bits per heavy atom. The van der Waals surface area contributed by atoms with Crippen LogP contribution in [0.1, 0.15) is 32.9 Å². The molecule has 2 rings (SSSR count). The molecule has 0 aliphatic rings. The number of hydrogen-bond acceptors (Lipinski definition) is 3. The number of ether oxygens (including phenoxy) is 1. The minimum absolute atomic E-state index is 0.120. The molecule has 0 aliphatic carbocycles. The van der Waals surface area contributed by atoms with Crippen LogP contribution in [0, 0.1) is 20.8 Å². The summed E-state index contributed by atoms with van der Waals surface area (Å²) in [5, 5.41) is 15.8. The van der Waals surface area contributed by atoms with E-state index in [1.54, 1.807) is 6.92 Å². The van der Waals surface area contributed by atoms with Gasteiger partial charge in [0.15, 0.2) is 0 Å². The van der Waals surface area contributed by atoms with Gasteiger partial charge < -0.3 is 9.84 Å². The van der Waals surface area contributed by atoms with E-state index in [4.69, 9.17) is 9.84 Å². The fourth-order valence-corrected chi connectivity index (χ4v) is 2.82. The van der Waals surface area contributed by atoms with Gasteiger partial charge in [0.2, 0.25) is 0 Å². The van der Waals surface area contributed by atoms with Crippen LogP contribution in [0.5, 0.6) is 5.75 Å². The number of aromatic nitrogens is 2. The van der Waals surface area contributed by atoms with Gasteiger partial charge in [0.05, 0.1) is 0 Å². The number of aromatic amines is 1. The highest BCUT2D eigenvalue weighted by atomic mass is 79.9. The molecule has 0 atom stereocenters. The monoisotopic (exact) mass is 338 g/mol. The van der Waals surface area contributed by atoms with E-state index >= 15 is 0 Å². The SMILES string of the molecule is Cc1cc(Br)cc(C)c1OCc1n[nH]c(C)c1C(=O)O. The molecule has 0 aliphatic heterocycles. The molecule has 1 heterocycles. The minimum Gasteiger partial charge on any atom is -0.487 e. The highest BCUT2D eigenvalue weighted by Gasteiger charge is 2.18. The number of aryl methyl sites for hydroxylation is 3. The molecule has 0 unspecified atom stereocenters. The zero-order valence-corrected chi connectivity index (χ0v) is 13.0. The van der Waals surface area contributed by atoms with E-state index in [0.717, 1.165) is 21.3 Å². The van der Waals surface area contributed by atoms with E-state index in [-0.39, 0.29) is 12.2 Å². The maximum absolute atomic E-state index is 11.2. The molecule has 2 N–H and O–H groups in total. The number of carboxylic acid groups (broad SMARTS) is 1. The molecule has 0 bridgehead atoms. The second kappa shape index (κ2) is 5.66. The zero-order chi connectivity index (χ0) is 14.9. The predicted octanol–water partition coefficient (Wildman–Crippen LogP) is 3.37. The summed E-state index contributed by atoms with van der Waals surface area (Å²) in [5.74, 6) is -0.246. The summed E-state index contributed by atoms with van der Waals surface area (Å²) < 4.78 is 6.73. The van der Waals surface area contributed by atoms with E-state index in [2.05, 4.69) is 26.1 Å². The van der Waals surface area contributed by atoms with Crippen molar-refractivity contribution in [3.8, 4) is 5.75 Å². The van der Waals surface area contributed by atoms with Gasteiger partial charge in [-0.1, -0.05) is 15.9 Å². The molecule has 6 heteroatoms. The molecule has 106 valence electrons. The summed E-state index contributed by atoms with van der Waals surface area (Å²) in [6, 6.07) is 3.91. The van der Waals surface area contributed by atoms with Gasteiger partial charge in [-0.3, -0.25) is 5.10 Å². The first-order chi connectivity index (χ1) is 9.40. The molecule has 0 spiro atoms. The molecule has 0 radical (unpaired) electrons. The Kier molecular flexibility index (Phi) is 4.13. The Morgan fingerprint density at radius 1 is 1.35 bits per heavy atom. The summed E-state index contributed by atoms with van der Waals surface area (Å²) in [6.07, 6.45) is 0. The van der Waals surface area contributed by atoms with Gasteiger partial charge >= 0.3 is 5.97 Å². The fourth-order valence-electron chi connectivity index (χ4n) is 2.13. The molecule has 0 fully saturated rings. The summed E-state index contributed by atoms with van der Waals surface area (Å²) in [6.45, 7) is 5.69. The van der Waals surface area contributed by atoms with E-state index in [0.29, 0.717) is 11.4 Å². The van der Waals surface area contributed by atoms with Crippen molar-refractivity contribution < 1.29 is 14.6 Å². The lowest BCUT2D eigenvalue weighted by atomic mass is 10.1. The van der Waals surface area contributed by atoms with Crippen molar-refractivity contribution in [3.05, 3.63) is 44.7 Å². The molecule has 2 aromatic rings. The standard InChI is InChI=1S/C14H15BrN2O3/c1-7-4-10(15)5-8(2)13(7)20-6-11-12(14(18)19)9(3)16-17-11/h4-5H,6H2,1-3H3,(H,16,17)(H,18,19). The number of carboxylic acids is 1. The molecule has 0 amide bonds. The van der Waals surface area contributed by atoms with Gasteiger partial charge in [-0.05, 0) is 44.0 Å². The Labute approximate surface area is 125 Å². The summed E-state index contributed by atoms with van der Waals surface area (Å²) in [7, 11) is 0. The number of rotatable bonds is 4. The van der Waals surface area contributed by atoms with Crippen molar-refractivity contribution in [1.82, 2.24) is 10.2 Å². The quantitative estimate of drug-likeness (QED) is 0.896. The second-order valence-corrected chi connectivity index (χ2v) is 5.55. The van der Waals surface area contributed by atoms with Crippen LogP contribution in [-0.2, 0) is 6.61 Å². The maximum atomic E-state index is 11.2. The fraction of sp³-hybridized carbons (Fsp3) is 0.286. The molecule has 0 saturated carbocycles. The normalized spacial score (nSPS) is 10.6. The van der Waals surface area contributed by atoms with Crippen molar-refractivity contribution in [2.24, 2.45) is 0 Å². The van der Waals surface area contributed by atoms with Crippen molar-refractivity contribution in [1.29, 1.82) is 0 Å². The molecule has 5 nitrogen and oxygen atoms in total. The first-order valence-corrected chi connectivity index (χ1v) is 6.86. The third-order valence-corrected chi connectivity index (χ3v) is 3.47. The highest BCUT2D eigenvalue weighted by Crippen LogP contribution is 2.28. The van der Waals surface area contributed by atoms with Crippen LogP contribution >= 0.6 is 15.9 Å². The largest absolute Gasteiger partial charge is 0.487 e. The minimum atomic E-state index is -1.00. The average molecular weight is 339 g/mol. The van der Waals surface area contributed by atoms with Crippen LogP contribution in [-0.4, -0.2) is 21.3 Å². The zero-order valence-electron chi connectivity index (χ0n) is 11.5. The molecule has 1 aromatic carbocycles. The Hall–Kier alpha value is -1.82. The number of benzene rings is 1. The predicted molar refractivity (Wildman–Crippen MR) is 78.2 cm³/mol. The van der Waals surface area contributed by atoms with Gasteiger partial charge in [-0.2, -0.15) is 5.10 Å². The lowest BCUT2D eigenvalue weighted by Gasteiger charge is -2.12. The van der Waals surface area contributed by atoms with Crippen LogP contribution in [0.25, 0.3) is 0 Å². The number of nitrogens with one attached hydrogen (secondary N) is 1. The first-order valence-electron chi connectivity index (χ1n) is 6.06.